The molecular formula is C13H14BrN3O3. The van der Waals surface area contributed by atoms with E-state index < -0.39 is 0 Å². The molecule has 2 aromatic rings. The predicted octanol–water partition coefficient (Wildman–Crippen LogP) is 2.24. The van der Waals surface area contributed by atoms with Gasteiger partial charge < -0.3 is 14.4 Å². The fourth-order valence-corrected chi connectivity index (χ4v) is 2.14. The van der Waals surface area contributed by atoms with Crippen LogP contribution >= 0.6 is 15.9 Å². The Hall–Kier alpha value is -1.89. The lowest BCUT2D eigenvalue weighted by atomic mass is 10.3. The van der Waals surface area contributed by atoms with Crippen LogP contribution in [-0.4, -0.2) is 15.6 Å². The summed E-state index contributed by atoms with van der Waals surface area (Å²) in [5.41, 5.74) is 1.09. The number of hydrogen-bond acceptors (Lipinski definition) is 4. The van der Waals surface area contributed by atoms with E-state index in [9.17, 15) is 9.59 Å². The normalized spacial score (nSPS) is 10.6. The highest BCUT2D eigenvalue weighted by molar-refractivity contribution is 9.10. The standard InChI is InChI=1S/C13H14BrN3O3/c1-8-13(9(2)20-16-8)15-11(18)5-6-17-7-10(14)3-4-12(17)19/h3-4,7H,5-6H2,1-2H3,(H,15,18). The predicted molar refractivity (Wildman–Crippen MR) is 77.6 cm³/mol. The van der Waals surface area contributed by atoms with Gasteiger partial charge in [0.05, 0.1) is 0 Å². The van der Waals surface area contributed by atoms with Crippen LogP contribution in [0.4, 0.5) is 5.69 Å². The smallest absolute Gasteiger partial charge is 0.250 e. The van der Waals surface area contributed by atoms with E-state index in [0.29, 0.717) is 23.7 Å². The van der Waals surface area contributed by atoms with Crippen molar-refractivity contribution in [3.05, 3.63) is 44.6 Å². The van der Waals surface area contributed by atoms with Crippen LogP contribution in [0.3, 0.4) is 0 Å². The fraction of sp³-hybridized carbons (Fsp3) is 0.308. The SMILES string of the molecule is Cc1noc(C)c1NC(=O)CCn1cc(Br)ccc1=O. The van der Waals surface area contributed by atoms with Gasteiger partial charge in [-0.3, -0.25) is 9.59 Å². The Morgan fingerprint density at radius 2 is 2.20 bits per heavy atom. The summed E-state index contributed by atoms with van der Waals surface area (Å²) in [7, 11) is 0. The lowest BCUT2D eigenvalue weighted by Crippen LogP contribution is -2.22. The van der Waals surface area contributed by atoms with Crippen LogP contribution in [0, 0.1) is 13.8 Å². The monoisotopic (exact) mass is 339 g/mol. The molecule has 0 unspecified atom stereocenters. The molecule has 0 fully saturated rings. The summed E-state index contributed by atoms with van der Waals surface area (Å²) in [6.45, 7) is 3.80. The van der Waals surface area contributed by atoms with Gasteiger partial charge >= 0.3 is 0 Å². The van der Waals surface area contributed by atoms with E-state index in [1.807, 2.05) is 0 Å². The number of hydrogen-bond donors (Lipinski definition) is 1. The molecule has 0 aliphatic heterocycles. The quantitative estimate of drug-likeness (QED) is 0.926. The molecule has 20 heavy (non-hydrogen) atoms. The minimum atomic E-state index is -0.189. The number of carbonyl (C=O) groups excluding carboxylic acids is 1. The van der Waals surface area contributed by atoms with Gasteiger partial charge in [0, 0.05) is 29.7 Å². The van der Waals surface area contributed by atoms with E-state index in [2.05, 4.69) is 26.4 Å². The zero-order chi connectivity index (χ0) is 14.7. The highest BCUT2D eigenvalue weighted by atomic mass is 79.9. The molecule has 1 N–H and O–H groups in total. The number of halogens is 1. The maximum atomic E-state index is 11.9. The van der Waals surface area contributed by atoms with Crippen LogP contribution in [0.25, 0.3) is 0 Å². The van der Waals surface area contributed by atoms with Gasteiger partial charge in [0.15, 0.2) is 5.76 Å². The molecule has 6 nitrogen and oxygen atoms in total. The van der Waals surface area contributed by atoms with Gasteiger partial charge in [0.25, 0.3) is 5.56 Å². The Labute approximate surface area is 123 Å². The Morgan fingerprint density at radius 1 is 1.45 bits per heavy atom. The first-order chi connectivity index (χ1) is 9.47. The number of carbonyl (C=O) groups is 1. The van der Waals surface area contributed by atoms with Gasteiger partial charge in [-0.25, -0.2) is 0 Å². The largest absolute Gasteiger partial charge is 0.359 e. The van der Waals surface area contributed by atoms with Gasteiger partial charge in [-0.1, -0.05) is 5.16 Å². The molecule has 2 rings (SSSR count). The Bertz CT molecular complexity index is 671. The average Bonchev–Trinajstić information content (AvgIpc) is 2.71. The fourth-order valence-electron chi connectivity index (χ4n) is 1.76. The van der Waals surface area contributed by atoms with Gasteiger partial charge in [0.1, 0.15) is 11.4 Å². The molecule has 0 saturated carbocycles. The van der Waals surface area contributed by atoms with Crippen LogP contribution in [0.2, 0.25) is 0 Å². The summed E-state index contributed by atoms with van der Waals surface area (Å²) in [6.07, 6.45) is 1.85. The molecule has 2 aromatic heterocycles. The molecule has 0 radical (unpaired) electrons. The van der Waals surface area contributed by atoms with Crippen molar-refractivity contribution in [2.45, 2.75) is 26.8 Å². The Morgan fingerprint density at radius 3 is 2.85 bits per heavy atom. The number of nitrogens with zero attached hydrogens (tertiary/aromatic N) is 2. The van der Waals surface area contributed by atoms with E-state index >= 15 is 0 Å². The molecule has 0 spiro atoms. The second-order valence-electron chi connectivity index (χ2n) is 4.38. The summed E-state index contributed by atoms with van der Waals surface area (Å²) >= 11 is 3.29. The molecule has 0 bridgehead atoms. The highest BCUT2D eigenvalue weighted by Gasteiger charge is 2.12. The van der Waals surface area contributed by atoms with Crippen molar-refractivity contribution in [3.8, 4) is 0 Å². The van der Waals surface area contributed by atoms with Gasteiger partial charge in [-0.05, 0) is 35.8 Å². The molecule has 0 aliphatic rings. The molecule has 2 heterocycles. The lowest BCUT2D eigenvalue weighted by molar-refractivity contribution is -0.116. The molecule has 0 aliphatic carbocycles. The number of aromatic nitrogens is 2. The van der Waals surface area contributed by atoms with E-state index in [1.165, 1.54) is 10.6 Å². The zero-order valence-electron chi connectivity index (χ0n) is 11.1. The van der Waals surface area contributed by atoms with E-state index in [-0.39, 0.29) is 17.9 Å². The second kappa shape index (κ2) is 6.04. The molecular weight excluding hydrogens is 326 g/mol. The van der Waals surface area contributed by atoms with Crippen molar-refractivity contribution in [1.29, 1.82) is 0 Å². The van der Waals surface area contributed by atoms with Gasteiger partial charge in [-0.15, -0.1) is 0 Å². The zero-order valence-corrected chi connectivity index (χ0v) is 12.7. The Balaban J connectivity index is 1.99. The summed E-state index contributed by atoms with van der Waals surface area (Å²) in [5.74, 6) is 0.377. The van der Waals surface area contributed by atoms with Crippen molar-refractivity contribution in [3.63, 3.8) is 0 Å². The second-order valence-corrected chi connectivity index (χ2v) is 5.29. The number of anilines is 1. The maximum absolute atomic E-state index is 11.9. The van der Waals surface area contributed by atoms with E-state index in [1.54, 1.807) is 26.1 Å². The summed E-state index contributed by atoms with van der Waals surface area (Å²) in [5, 5.41) is 6.50. The number of rotatable bonds is 4. The third-order valence-electron chi connectivity index (χ3n) is 2.82. The molecule has 0 aromatic carbocycles. The summed E-state index contributed by atoms with van der Waals surface area (Å²) < 4.78 is 7.25. The first-order valence-electron chi connectivity index (χ1n) is 6.06. The van der Waals surface area contributed by atoms with Crippen LogP contribution in [0.1, 0.15) is 17.9 Å². The van der Waals surface area contributed by atoms with Crippen LogP contribution in [0.15, 0.2) is 32.1 Å². The third kappa shape index (κ3) is 3.36. The Kier molecular flexibility index (Phi) is 4.39. The topological polar surface area (TPSA) is 77.1 Å². The number of aryl methyl sites for hydroxylation is 3. The van der Waals surface area contributed by atoms with Crippen LogP contribution in [-0.2, 0) is 11.3 Å². The number of nitrogens with one attached hydrogen (secondary N) is 1. The highest BCUT2D eigenvalue weighted by Crippen LogP contribution is 2.18. The summed E-state index contributed by atoms with van der Waals surface area (Å²) in [6, 6.07) is 3.12. The first-order valence-corrected chi connectivity index (χ1v) is 6.85. The van der Waals surface area contributed by atoms with E-state index in [0.717, 1.165) is 4.47 Å². The van der Waals surface area contributed by atoms with Crippen molar-refractivity contribution < 1.29 is 9.32 Å². The van der Waals surface area contributed by atoms with Gasteiger partial charge in [-0.2, -0.15) is 0 Å². The molecule has 7 heteroatoms. The summed E-state index contributed by atoms with van der Waals surface area (Å²) in [4.78, 5) is 23.5. The number of pyridine rings is 1. The molecule has 1 amide bonds. The maximum Gasteiger partial charge on any atom is 0.250 e. The first kappa shape index (κ1) is 14.5. The van der Waals surface area contributed by atoms with Crippen LogP contribution in [0.5, 0.6) is 0 Å². The average molecular weight is 340 g/mol. The molecule has 106 valence electrons. The van der Waals surface area contributed by atoms with E-state index in [4.69, 9.17) is 4.52 Å². The molecule has 0 saturated heterocycles. The van der Waals surface area contributed by atoms with Crippen molar-refractivity contribution >= 4 is 27.5 Å². The van der Waals surface area contributed by atoms with Crippen molar-refractivity contribution in [2.75, 3.05) is 5.32 Å². The molecule has 0 atom stereocenters. The van der Waals surface area contributed by atoms with Crippen molar-refractivity contribution in [2.24, 2.45) is 0 Å². The lowest BCUT2D eigenvalue weighted by Gasteiger charge is -2.07. The van der Waals surface area contributed by atoms with Crippen molar-refractivity contribution in [1.82, 2.24) is 9.72 Å². The number of amides is 1. The minimum Gasteiger partial charge on any atom is -0.359 e. The minimum absolute atomic E-state index is 0.140. The van der Waals surface area contributed by atoms with Crippen LogP contribution < -0.4 is 10.9 Å². The van der Waals surface area contributed by atoms with Gasteiger partial charge in [0.2, 0.25) is 5.91 Å². The third-order valence-corrected chi connectivity index (χ3v) is 3.29.